The summed E-state index contributed by atoms with van der Waals surface area (Å²) >= 11 is 12.2. The predicted molar refractivity (Wildman–Crippen MR) is 89.2 cm³/mol. The second-order valence-corrected chi connectivity index (χ2v) is 6.13. The van der Waals surface area contributed by atoms with Gasteiger partial charge in [0.05, 0.1) is 10.7 Å². The highest BCUT2D eigenvalue weighted by atomic mass is 35.5. The molecule has 0 radical (unpaired) electrons. The topological polar surface area (TPSA) is 12.0 Å². The van der Waals surface area contributed by atoms with Crippen LogP contribution in [0.5, 0.6) is 0 Å². The highest BCUT2D eigenvalue weighted by Gasteiger charge is 2.11. The number of hydrogen-bond acceptors (Lipinski definition) is 1. The van der Waals surface area contributed by atoms with Crippen LogP contribution in [0.4, 0.5) is 5.69 Å². The number of nitrogens with one attached hydrogen (secondary N) is 1. The van der Waals surface area contributed by atoms with Gasteiger partial charge >= 0.3 is 0 Å². The monoisotopic (exact) mass is 307 g/mol. The first-order valence-corrected chi connectivity index (χ1v) is 7.43. The molecule has 0 fully saturated rings. The van der Waals surface area contributed by atoms with Gasteiger partial charge in [-0.05, 0) is 68.1 Å². The standard InChI is InChI=1S/C17H19Cl2N/c1-10-7-12(3)15(8-11(10)2)13(4)20-17-9-14(18)5-6-16(17)19/h5-9,13,20H,1-4H3. The van der Waals surface area contributed by atoms with E-state index < -0.39 is 0 Å². The van der Waals surface area contributed by atoms with E-state index in [4.69, 9.17) is 23.2 Å². The van der Waals surface area contributed by atoms with Gasteiger partial charge < -0.3 is 5.32 Å². The number of benzene rings is 2. The minimum Gasteiger partial charge on any atom is -0.377 e. The second-order valence-electron chi connectivity index (χ2n) is 5.28. The third-order valence-corrected chi connectivity index (χ3v) is 4.21. The zero-order valence-electron chi connectivity index (χ0n) is 12.2. The number of hydrogen-bond donors (Lipinski definition) is 1. The van der Waals surface area contributed by atoms with Gasteiger partial charge in [0.2, 0.25) is 0 Å². The largest absolute Gasteiger partial charge is 0.377 e. The average Bonchev–Trinajstić information content (AvgIpc) is 2.38. The minimum absolute atomic E-state index is 0.172. The Kier molecular flexibility index (Phi) is 4.62. The van der Waals surface area contributed by atoms with Gasteiger partial charge in [0, 0.05) is 11.1 Å². The Morgan fingerprint density at radius 1 is 0.900 bits per heavy atom. The predicted octanol–water partition coefficient (Wildman–Crippen LogP) is 6.09. The molecule has 1 N–H and O–H groups in total. The summed E-state index contributed by atoms with van der Waals surface area (Å²) in [6.45, 7) is 8.54. The Hall–Kier alpha value is -1.18. The maximum Gasteiger partial charge on any atom is 0.0638 e. The molecule has 1 unspecified atom stereocenters. The van der Waals surface area contributed by atoms with Crippen molar-refractivity contribution in [3.05, 3.63) is 62.6 Å². The van der Waals surface area contributed by atoms with Gasteiger partial charge in [0.15, 0.2) is 0 Å². The Balaban J connectivity index is 2.30. The molecule has 0 aromatic heterocycles. The summed E-state index contributed by atoms with van der Waals surface area (Å²) in [6.07, 6.45) is 0. The van der Waals surface area contributed by atoms with E-state index in [0.717, 1.165) is 5.69 Å². The maximum absolute atomic E-state index is 6.20. The smallest absolute Gasteiger partial charge is 0.0638 e. The third kappa shape index (κ3) is 3.28. The van der Waals surface area contributed by atoms with Crippen molar-refractivity contribution in [2.45, 2.75) is 33.7 Å². The molecule has 0 aliphatic heterocycles. The molecule has 0 saturated heterocycles. The van der Waals surface area contributed by atoms with Crippen LogP contribution in [0.1, 0.15) is 35.2 Å². The van der Waals surface area contributed by atoms with Gasteiger partial charge in [-0.15, -0.1) is 0 Å². The Bertz CT molecular complexity index is 635. The summed E-state index contributed by atoms with van der Waals surface area (Å²) in [5.74, 6) is 0. The first-order valence-electron chi connectivity index (χ1n) is 6.68. The first kappa shape index (κ1) is 15.2. The van der Waals surface area contributed by atoms with Crippen molar-refractivity contribution in [3.8, 4) is 0 Å². The van der Waals surface area contributed by atoms with Gasteiger partial charge in [-0.25, -0.2) is 0 Å². The number of aryl methyl sites for hydroxylation is 3. The molecule has 2 rings (SSSR count). The van der Waals surface area contributed by atoms with Gasteiger partial charge in [0.25, 0.3) is 0 Å². The SMILES string of the molecule is Cc1cc(C)c(C(C)Nc2cc(Cl)ccc2Cl)cc1C. The molecule has 1 atom stereocenters. The van der Waals surface area contributed by atoms with Crippen LogP contribution in [0.2, 0.25) is 10.0 Å². The molecule has 0 bridgehead atoms. The van der Waals surface area contributed by atoms with Gasteiger partial charge in [-0.2, -0.15) is 0 Å². The van der Waals surface area contributed by atoms with E-state index in [1.54, 1.807) is 6.07 Å². The van der Waals surface area contributed by atoms with Crippen molar-refractivity contribution in [2.24, 2.45) is 0 Å². The van der Waals surface area contributed by atoms with E-state index >= 15 is 0 Å². The van der Waals surface area contributed by atoms with Crippen LogP contribution in [-0.4, -0.2) is 0 Å². The van der Waals surface area contributed by atoms with Crippen molar-refractivity contribution in [3.63, 3.8) is 0 Å². The lowest BCUT2D eigenvalue weighted by atomic mass is 9.96. The molecule has 0 spiro atoms. The fourth-order valence-electron chi connectivity index (χ4n) is 2.37. The van der Waals surface area contributed by atoms with Gasteiger partial charge in [-0.3, -0.25) is 0 Å². The summed E-state index contributed by atoms with van der Waals surface area (Å²) in [6, 6.07) is 10.1. The molecule has 106 valence electrons. The van der Waals surface area contributed by atoms with E-state index in [1.165, 1.54) is 22.3 Å². The van der Waals surface area contributed by atoms with Crippen LogP contribution in [0.15, 0.2) is 30.3 Å². The lowest BCUT2D eigenvalue weighted by Gasteiger charge is -2.20. The molecule has 0 aliphatic rings. The zero-order chi connectivity index (χ0) is 14.9. The average molecular weight is 308 g/mol. The molecule has 3 heteroatoms. The number of rotatable bonds is 3. The molecule has 0 aliphatic carbocycles. The quantitative estimate of drug-likeness (QED) is 0.723. The van der Waals surface area contributed by atoms with Gasteiger partial charge in [-0.1, -0.05) is 35.3 Å². The molecule has 0 saturated carbocycles. The molecular weight excluding hydrogens is 289 g/mol. The minimum atomic E-state index is 0.172. The summed E-state index contributed by atoms with van der Waals surface area (Å²) in [5, 5.41) is 4.80. The van der Waals surface area contributed by atoms with E-state index in [-0.39, 0.29) is 6.04 Å². The van der Waals surface area contributed by atoms with Crippen LogP contribution in [0.25, 0.3) is 0 Å². The highest BCUT2D eigenvalue weighted by Crippen LogP contribution is 2.30. The molecule has 2 aromatic rings. The van der Waals surface area contributed by atoms with Crippen LogP contribution in [0, 0.1) is 20.8 Å². The van der Waals surface area contributed by atoms with E-state index in [9.17, 15) is 0 Å². The molecular formula is C17H19Cl2N. The van der Waals surface area contributed by atoms with Crippen molar-refractivity contribution in [2.75, 3.05) is 5.32 Å². The van der Waals surface area contributed by atoms with Crippen LogP contribution >= 0.6 is 23.2 Å². The molecule has 2 aromatic carbocycles. The van der Waals surface area contributed by atoms with Crippen molar-refractivity contribution < 1.29 is 0 Å². The van der Waals surface area contributed by atoms with Crippen LogP contribution < -0.4 is 5.32 Å². The summed E-state index contributed by atoms with van der Waals surface area (Å²) in [5.41, 5.74) is 6.05. The molecule has 20 heavy (non-hydrogen) atoms. The van der Waals surface area contributed by atoms with Crippen molar-refractivity contribution in [1.82, 2.24) is 0 Å². The van der Waals surface area contributed by atoms with E-state index in [1.807, 2.05) is 12.1 Å². The van der Waals surface area contributed by atoms with Crippen molar-refractivity contribution in [1.29, 1.82) is 0 Å². The molecule has 0 amide bonds. The Morgan fingerprint density at radius 3 is 2.25 bits per heavy atom. The van der Waals surface area contributed by atoms with E-state index in [0.29, 0.717) is 10.0 Å². The van der Waals surface area contributed by atoms with Crippen LogP contribution in [0.3, 0.4) is 0 Å². The fourth-order valence-corrected chi connectivity index (χ4v) is 2.71. The number of halogens is 2. The van der Waals surface area contributed by atoms with Crippen LogP contribution in [-0.2, 0) is 0 Å². The molecule has 1 nitrogen and oxygen atoms in total. The maximum atomic E-state index is 6.20. The fraction of sp³-hybridized carbons (Fsp3) is 0.294. The second kappa shape index (κ2) is 6.07. The third-order valence-electron chi connectivity index (χ3n) is 3.65. The number of anilines is 1. The first-order chi connectivity index (χ1) is 9.38. The summed E-state index contributed by atoms with van der Waals surface area (Å²) < 4.78 is 0. The van der Waals surface area contributed by atoms with E-state index in [2.05, 4.69) is 45.1 Å². The summed E-state index contributed by atoms with van der Waals surface area (Å²) in [7, 11) is 0. The Morgan fingerprint density at radius 2 is 1.55 bits per heavy atom. The zero-order valence-corrected chi connectivity index (χ0v) is 13.7. The molecule has 0 heterocycles. The lowest BCUT2D eigenvalue weighted by molar-refractivity contribution is 0.871. The Labute approximate surface area is 130 Å². The van der Waals surface area contributed by atoms with Gasteiger partial charge in [0.1, 0.15) is 0 Å². The lowest BCUT2D eigenvalue weighted by Crippen LogP contribution is -2.09. The normalized spacial score (nSPS) is 12.3. The van der Waals surface area contributed by atoms with Crippen molar-refractivity contribution >= 4 is 28.9 Å². The highest BCUT2D eigenvalue weighted by molar-refractivity contribution is 6.35. The summed E-state index contributed by atoms with van der Waals surface area (Å²) in [4.78, 5) is 0.